The van der Waals surface area contributed by atoms with Crippen molar-refractivity contribution < 1.29 is 16.5 Å². The molecular weight excluding hydrogens is 517 g/mol. The molecule has 0 aromatic heterocycles. The van der Waals surface area contributed by atoms with Crippen LogP contribution in [0.1, 0.15) is 96.8 Å². The average molecular weight is 581 g/mol. The molecule has 0 aromatic carbocycles. The average Bonchev–Trinajstić information content (AvgIpc) is 2.64. The van der Waals surface area contributed by atoms with Crippen molar-refractivity contribution in [3.8, 4) is 0 Å². The van der Waals surface area contributed by atoms with Gasteiger partial charge >= 0.3 is 26.4 Å². The van der Waals surface area contributed by atoms with Gasteiger partial charge in [0, 0.05) is 0 Å². The molecule has 0 aliphatic rings. The maximum absolute atomic E-state index is 6.72. The van der Waals surface area contributed by atoms with E-state index in [2.05, 4.69) is 72.4 Å². The number of hydrogen-bond acceptors (Lipinski definition) is 4. The third kappa shape index (κ3) is 23.8. The third-order valence-corrected chi connectivity index (χ3v) is 22.7. The zero-order valence-corrected chi connectivity index (χ0v) is 31.0. The first-order valence-electron chi connectivity index (χ1n) is 14.8. The highest BCUT2D eigenvalue weighted by molar-refractivity contribution is 6.86. The van der Waals surface area contributed by atoms with Crippen LogP contribution in [-0.2, 0) is 16.5 Å². The lowest BCUT2D eigenvalue weighted by atomic mass is 10.0. The smallest absolute Gasteiger partial charge is 0.315 e. The molecule has 0 heterocycles. The third-order valence-electron chi connectivity index (χ3n) is 5.92. The fourth-order valence-corrected chi connectivity index (χ4v) is 25.7. The van der Waals surface area contributed by atoms with E-state index in [-0.39, 0.29) is 0 Å². The molecule has 0 radical (unpaired) electrons. The normalized spacial score (nSPS) is 15.9. The molecule has 0 aliphatic carbocycles. The Balaban J connectivity index is 4.26. The second kappa shape index (κ2) is 18.3. The zero-order valence-electron chi connectivity index (χ0n) is 25.8. The standard InChI is InChI=1S/C26H64O4Si5/c1-12-13-14-15-16-17-18-19-20-21-22-23-24-25-26-35(11,30-33(6,7)8)28-31(2)27-34(9,10)29-32(3,4)5/h31H,12-26H2,1-11H3. The number of rotatable bonds is 23. The summed E-state index contributed by atoms with van der Waals surface area (Å²) in [4.78, 5) is 0. The Morgan fingerprint density at radius 2 is 0.857 bits per heavy atom. The van der Waals surface area contributed by atoms with Gasteiger partial charge in [0.15, 0.2) is 16.6 Å². The van der Waals surface area contributed by atoms with E-state index >= 15 is 0 Å². The summed E-state index contributed by atoms with van der Waals surface area (Å²) < 4.78 is 26.3. The van der Waals surface area contributed by atoms with Crippen molar-refractivity contribution in [1.29, 1.82) is 0 Å². The van der Waals surface area contributed by atoms with Gasteiger partial charge in [-0.3, -0.25) is 0 Å². The summed E-state index contributed by atoms with van der Waals surface area (Å²) in [6.45, 7) is 24.7. The lowest BCUT2D eigenvalue weighted by Gasteiger charge is -2.38. The molecule has 2 atom stereocenters. The highest BCUT2D eigenvalue weighted by Crippen LogP contribution is 2.26. The molecule has 0 saturated heterocycles. The van der Waals surface area contributed by atoms with E-state index in [0.717, 1.165) is 6.04 Å². The molecule has 0 rings (SSSR count). The first kappa shape index (κ1) is 35.9. The molecule has 212 valence electrons. The Kier molecular flexibility index (Phi) is 18.7. The van der Waals surface area contributed by atoms with Gasteiger partial charge in [-0.25, -0.2) is 0 Å². The molecule has 0 saturated carbocycles. The van der Waals surface area contributed by atoms with Crippen LogP contribution in [0.3, 0.4) is 0 Å². The SMILES string of the molecule is CCCCCCCCCCCCCCCC[Si](C)(O[SiH](C)O[Si](C)(C)O[Si](C)(C)C)O[Si](C)(C)C. The second-order valence-electron chi connectivity index (χ2n) is 13.1. The van der Waals surface area contributed by atoms with Crippen LogP contribution in [0.2, 0.25) is 71.5 Å². The molecule has 4 nitrogen and oxygen atoms in total. The van der Waals surface area contributed by atoms with Crippen molar-refractivity contribution in [2.24, 2.45) is 0 Å². The first-order chi connectivity index (χ1) is 16.1. The first-order valence-corrected chi connectivity index (χ1v) is 29.1. The Labute approximate surface area is 227 Å². The molecule has 2 unspecified atom stereocenters. The van der Waals surface area contributed by atoms with Crippen LogP contribution in [0.25, 0.3) is 0 Å². The van der Waals surface area contributed by atoms with Gasteiger partial charge in [-0.1, -0.05) is 96.8 Å². The summed E-state index contributed by atoms with van der Waals surface area (Å²) in [5, 5.41) is 0. The van der Waals surface area contributed by atoms with Crippen molar-refractivity contribution >= 4 is 43.0 Å². The van der Waals surface area contributed by atoms with Crippen molar-refractivity contribution in [3.63, 3.8) is 0 Å². The van der Waals surface area contributed by atoms with Crippen molar-refractivity contribution in [2.45, 2.75) is 168 Å². The molecule has 0 aromatic rings. The highest BCUT2D eigenvalue weighted by Gasteiger charge is 2.40. The van der Waals surface area contributed by atoms with Crippen LogP contribution in [0.4, 0.5) is 0 Å². The maximum Gasteiger partial charge on any atom is 0.315 e. The quantitative estimate of drug-likeness (QED) is 0.0890. The molecule has 0 aliphatic heterocycles. The van der Waals surface area contributed by atoms with Crippen molar-refractivity contribution in [3.05, 3.63) is 0 Å². The van der Waals surface area contributed by atoms with Gasteiger partial charge in [0.25, 0.3) is 0 Å². The summed E-state index contributed by atoms with van der Waals surface area (Å²) in [6.07, 6.45) is 19.5. The van der Waals surface area contributed by atoms with Crippen LogP contribution in [0, 0.1) is 0 Å². The van der Waals surface area contributed by atoms with Crippen molar-refractivity contribution in [1.82, 2.24) is 0 Å². The molecule has 0 spiro atoms. The summed E-state index contributed by atoms with van der Waals surface area (Å²) in [7, 11) is -9.49. The minimum Gasteiger partial charge on any atom is -0.437 e. The van der Waals surface area contributed by atoms with E-state index in [1.54, 1.807) is 0 Å². The molecule has 0 fully saturated rings. The number of hydrogen-bond donors (Lipinski definition) is 0. The van der Waals surface area contributed by atoms with E-state index in [0.29, 0.717) is 0 Å². The van der Waals surface area contributed by atoms with Gasteiger partial charge in [-0.2, -0.15) is 0 Å². The van der Waals surface area contributed by atoms with Crippen LogP contribution >= 0.6 is 0 Å². The Hall–Kier alpha value is 0.924. The topological polar surface area (TPSA) is 36.9 Å². The maximum atomic E-state index is 6.72. The lowest BCUT2D eigenvalue weighted by molar-refractivity contribution is 0.313. The van der Waals surface area contributed by atoms with E-state index in [1.807, 2.05) is 0 Å². The van der Waals surface area contributed by atoms with Crippen molar-refractivity contribution in [2.75, 3.05) is 0 Å². The summed E-state index contributed by atoms with van der Waals surface area (Å²) in [6, 6.07) is 1.09. The van der Waals surface area contributed by atoms with Gasteiger partial charge in [-0.05, 0) is 71.5 Å². The fourth-order valence-electron chi connectivity index (χ4n) is 4.96. The lowest BCUT2D eigenvalue weighted by Crippen LogP contribution is -2.54. The largest absolute Gasteiger partial charge is 0.437 e. The monoisotopic (exact) mass is 580 g/mol. The summed E-state index contributed by atoms with van der Waals surface area (Å²) >= 11 is 0. The highest BCUT2D eigenvalue weighted by atomic mass is 28.5. The van der Waals surface area contributed by atoms with Gasteiger partial charge in [0.2, 0.25) is 0 Å². The van der Waals surface area contributed by atoms with Gasteiger partial charge < -0.3 is 16.5 Å². The minimum absolute atomic E-state index is 1.09. The minimum atomic E-state index is -2.23. The predicted molar refractivity (Wildman–Crippen MR) is 168 cm³/mol. The van der Waals surface area contributed by atoms with Gasteiger partial charge in [-0.15, -0.1) is 0 Å². The van der Waals surface area contributed by atoms with Crippen LogP contribution in [-0.4, -0.2) is 43.0 Å². The van der Waals surface area contributed by atoms with Crippen LogP contribution in [0.15, 0.2) is 0 Å². The van der Waals surface area contributed by atoms with E-state index in [4.69, 9.17) is 16.5 Å². The van der Waals surface area contributed by atoms with Gasteiger partial charge in [0.05, 0.1) is 0 Å². The Morgan fingerprint density at radius 3 is 1.23 bits per heavy atom. The van der Waals surface area contributed by atoms with Gasteiger partial charge in [0.1, 0.15) is 0 Å². The molecular formula is C26H64O4Si5. The molecule has 0 amide bonds. The van der Waals surface area contributed by atoms with E-state index in [9.17, 15) is 0 Å². The molecule has 9 heteroatoms. The van der Waals surface area contributed by atoms with E-state index < -0.39 is 43.0 Å². The zero-order chi connectivity index (χ0) is 27.0. The second-order valence-corrected chi connectivity index (χ2v) is 31.8. The fraction of sp³-hybridized carbons (Fsp3) is 1.00. The van der Waals surface area contributed by atoms with Crippen LogP contribution in [0.5, 0.6) is 0 Å². The van der Waals surface area contributed by atoms with Crippen LogP contribution < -0.4 is 0 Å². The number of unbranched alkanes of at least 4 members (excludes halogenated alkanes) is 13. The Morgan fingerprint density at radius 1 is 0.486 bits per heavy atom. The van der Waals surface area contributed by atoms with E-state index in [1.165, 1.54) is 89.9 Å². The molecule has 0 N–H and O–H groups in total. The predicted octanol–water partition coefficient (Wildman–Crippen LogP) is 9.83. The Bertz CT molecular complexity index is 523. The summed E-state index contributed by atoms with van der Waals surface area (Å²) in [5.74, 6) is 0. The molecule has 0 bridgehead atoms. The molecule has 35 heavy (non-hydrogen) atoms. The summed E-state index contributed by atoms with van der Waals surface area (Å²) in [5.41, 5.74) is 0.